The number of rotatable bonds is 1. The Morgan fingerprint density at radius 2 is 2.00 bits per heavy atom. The number of carbonyl (C=O) groups is 1. The summed E-state index contributed by atoms with van der Waals surface area (Å²) in [4.78, 5) is 12.0. The molecule has 0 amide bonds. The second-order valence-electron chi connectivity index (χ2n) is 4.50. The lowest BCUT2D eigenvalue weighted by atomic mass is 9.84. The first kappa shape index (κ1) is 11.0. The maximum Gasteiger partial charge on any atom is 0.242 e. The van der Waals surface area contributed by atoms with Crippen molar-refractivity contribution >= 4 is 11.7 Å². The molecule has 0 saturated heterocycles. The standard InChI is InChI=1S/C14H13NO3/c16-10-7-4-8-11-13(10)12(14(15-17)18-11)9-5-2-1-3-6-9/h1-3,5-6,12,17H,4,7-8H2/b15-14-/t12-/m0/s1. The molecule has 1 atom stereocenters. The molecule has 0 bridgehead atoms. The van der Waals surface area contributed by atoms with Crippen molar-refractivity contribution in [2.75, 3.05) is 0 Å². The van der Waals surface area contributed by atoms with Gasteiger partial charge >= 0.3 is 0 Å². The van der Waals surface area contributed by atoms with E-state index in [0.29, 0.717) is 17.8 Å². The summed E-state index contributed by atoms with van der Waals surface area (Å²) in [6.07, 6.45) is 2.09. The number of ether oxygens (including phenoxy) is 1. The van der Waals surface area contributed by atoms with Crippen LogP contribution in [0.1, 0.15) is 30.7 Å². The van der Waals surface area contributed by atoms with E-state index in [1.807, 2.05) is 30.3 Å². The largest absolute Gasteiger partial charge is 0.443 e. The summed E-state index contributed by atoms with van der Waals surface area (Å²) in [5.41, 5.74) is 1.59. The molecule has 1 aromatic rings. The summed E-state index contributed by atoms with van der Waals surface area (Å²) < 4.78 is 5.51. The Hall–Kier alpha value is -2.10. The fraction of sp³-hybridized carbons (Fsp3) is 0.286. The average Bonchev–Trinajstić information content (AvgIpc) is 2.79. The maximum atomic E-state index is 12.0. The molecule has 0 radical (unpaired) electrons. The zero-order chi connectivity index (χ0) is 12.5. The highest BCUT2D eigenvalue weighted by Gasteiger charge is 2.40. The van der Waals surface area contributed by atoms with E-state index >= 15 is 0 Å². The highest BCUT2D eigenvalue weighted by molar-refractivity contribution is 6.07. The number of hydrogen-bond acceptors (Lipinski definition) is 4. The van der Waals surface area contributed by atoms with E-state index in [9.17, 15) is 4.79 Å². The van der Waals surface area contributed by atoms with Crippen LogP contribution in [0.3, 0.4) is 0 Å². The molecule has 18 heavy (non-hydrogen) atoms. The lowest BCUT2D eigenvalue weighted by Crippen LogP contribution is -2.16. The van der Waals surface area contributed by atoms with E-state index in [1.165, 1.54) is 0 Å². The van der Waals surface area contributed by atoms with Gasteiger partial charge in [0, 0.05) is 12.8 Å². The fourth-order valence-electron chi connectivity index (χ4n) is 2.60. The third-order valence-corrected chi connectivity index (χ3v) is 3.40. The van der Waals surface area contributed by atoms with Crippen LogP contribution in [-0.2, 0) is 9.53 Å². The van der Waals surface area contributed by atoms with E-state index < -0.39 is 0 Å². The second kappa shape index (κ2) is 4.29. The zero-order valence-electron chi connectivity index (χ0n) is 9.80. The molecule has 1 aliphatic heterocycles. The lowest BCUT2D eigenvalue weighted by molar-refractivity contribution is -0.116. The van der Waals surface area contributed by atoms with Gasteiger partial charge in [-0.15, -0.1) is 0 Å². The van der Waals surface area contributed by atoms with Crippen LogP contribution in [0.5, 0.6) is 0 Å². The molecule has 1 N–H and O–H groups in total. The first-order chi connectivity index (χ1) is 8.81. The van der Waals surface area contributed by atoms with Gasteiger partial charge in [-0.2, -0.15) is 0 Å². The van der Waals surface area contributed by atoms with E-state index in [4.69, 9.17) is 9.94 Å². The highest BCUT2D eigenvalue weighted by Crippen LogP contribution is 2.41. The molecular formula is C14H13NO3. The molecule has 3 rings (SSSR count). The predicted octanol–water partition coefficient (Wildman–Crippen LogP) is 2.60. The van der Waals surface area contributed by atoms with Crippen molar-refractivity contribution < 1.29 is 14.7 Å². The van der Waals surface area contributed by atoms with Gasteiger partial charge in [0.1, 0.15) is 5.76 Å². The van der Waals surface area contributed by atoms with Gasteiger partial charge in [0.05, 0.1) is 11.5 Å². The van der Waals surface area contributed by atoms with Gasteiger partial charge in [0.15, 0.2) is 5.78 Å². The Balaban J connectivity index is 2.10. The summed E-state index contributed by atoms with van der Waals surface area (Å²) in [6, 6.07) is 9.54. The van der Waals surface area contributed by atoms with Gasteiger partial charge < -0.3 is 9.94 Å². The summed E-state index contributed by atoms with van der Waals surface area (Å²) in [7, 11) is 0. The number of ketones is 1. The van der Waals surface area contributed by atoms with E-state index in [2.05, 4.69) is 5.16 Å². The van der Waals surface area contributed by atoms with Gasteiger partial charge in [0.25, 0.3) is 0 Å². The SMILES string of the molecule is O=C1CCCC2=C1[C@H](c1ccccc1)/C(=N/O)O2. The van der Waals surface area contributed by atoms with Crippen molar-refractivity contribution in [3.05, 3.63) is 47.2 Å². The Morgan fingerprint density at radius 3 is 2.72 bits per heavy atom. The third kappa shape index (κ3) is 1.61. The van der Waals surface area contributed by atoms with Crippen LogP contribution in [0.25, 0.3) is 0 Å². The molecule has 0 fully saturated rings. The topological polar surface area (TPSA) is 58.9 Å². The van der Waals surface area contributed by atoms with Gasteiger partial charge in [-0.25, -0.2) is 0 Å². The third-order valence-electron chi connectivity index (χ3n) is 3.40. The summed E-state index contributed by atoms with van der Waals surface area (Å²) in [5, 5.41) is 12.3. The van der Waals surface area contributed by atoms with E-state index in [1.54, 1.807) is 0 Å². The van der Waals surface area contributed by atoms with Crippen molar-refractivity contribution in [1.82, 2.24) is 0 Å². The number of Topliss-reactive ketones (excluding diaryl/α,β-unsaturated/α-hetero) is 1. The van der Waals surface area contributed by atoms with Gasteiger partial charge in [-0.3, -0.25) is 4.79 Å². The normalized spacial score (nSPS) is 25.2. The minimum Gasteiger partial charge on any atom is -0.443 e. The zero-order valence-corrected chi connectivity index (χ0v) is 9.80. The number of hydrogen-bond donors (Lipinski definition) is 1. The maximum absolute atomic E-state index is 12.0. The fourth-order valence-corrected chi connectivity index (χ4v) is 2.60. The number of oxime groups is 1. The first-order valence-corrected chi connectivity index (χ1v) is 6.02. The molecule has 2 aliphatic rings. The van der Waals surface area contributed by atoms with Crippen LogP contribution in [0.15, 0.2) is 46.8 Å². The average molecular weight is 243 g/mol. The minimum atomic E-state index is -0.348. The Labute approximate surface area is 105 Å². The van der Waals surface area contributed by atoms with Crippen LogP contribution in [0.4, 0.5) is 0 Å². The Morgan fingerprint density at radius 1 is 1.22 bits per heavy atom. The molecule has 0 unspecified atom stereocenters. The highest BCUT2D eigenvalue weighted by atomic mass is 16.5. The molecule has 1 heterocycles. The smallest absolute Gasteiger partial charge is 0.242 e. The van der Waals surface area contributed by atoms with Crippen LogP contribution in [0, 0.1) is 0 Å². The number of carbonyl (C=O) groups excluding carboxylic acids is 1. The summed E-state index contributed by atoms with van der Waals surface area (Å²) in [5.74, 6) is 0.636. The molecule has 1 aliphatic carbocycles. The minimum absolute atomic E-state index is 0.101. The van der Waals surface area contributed by atoms with Crippen molar-refractivity contribution in [3.63, 3.8) is 0 Å². The monoisotopic (exact) mass is 243 g/mol. The number of benzene rings is 1. The van der Waals surface area contributed by atoms with Gasteiger partial charge in [-0.05, 0) is 12.0 Å². The lowest BCUT2D eigenvalue weighted by Gasteiger charge is -2.14. The summed E-state index contributed by atoms with van der Waals surface area (Å²) >= 11 is 0. The molecule has 92 valence electrons. The van der Waals surface area contributed by atoms with Crippen molar-refractivity contribution in [3.8, 4) is 0 Å². The molecule has 0 saturated carbocycles. The van der Waals surface area contributed by atoms with Crippen LogP contribution in [-0.4, -0.2) is 16.9 Å². The number of allylic oxidation sites excluding steroid dienone is 1. The molecular weight excluding hydrogens is 230 g/mol. The van der Waals surface area contributed by atoms with Crippen LogP contribution in [0.2, 0.25) is 0 Å². The van der Waals surface area contributed by atoms with Crippen molar-refractivity contribution in [1.29, 1.82) is 0 Å². The first-order valence-electron chi connectivity index (χ1n) is 6.02. The molecule has 0 spiro atoms. The quantitative estimate of drug-likeness (QED) is 0.609. The van der Waals surface area contributed by atoms with Gasteiger partial charge in [-0.1, -0.05) is 35.5 Å². The van der Waals surface area contributed by atoms with Crippen molar-refractivity contribution in [2.24, 2.45) is 5.16 Å². The second-order valence-corrected chi connectivity index (χ2v) is 4.50. The number of nitrogens with zero attached hydrogens (tertiary/aromatic N) is 1. The molecule has 0 aromatic heterocycles. The Bertz CT molecular complexity index is 545. The van der Waals surface area contributed by atoms with Crippen molar-refractivity contribution in [2.45, 2.75) is 25.2 Å². The molecule has 4 nitrogen and oxygen atoms in total. The Kier molecular flexibility index (Phi) is 2.63. The van der Waals surface area contributed by atoms with E-state index in [0.717, 1.165) is 18.4 Å². The summed E-state index contributed by atoms with van der Waals surface area (Å²) in [6.45, 7) is 0. The van der Waals surface area contributed by atoms with E-state index in [-0.39, 0.29) is 17.6 Å². The predicted molar refractivity (Wildman–Crippen MR) is 65.4 cm³/mol. The van der Waals surface area contributed by atoms with Gasteiger partial charge in [0.2, 0.25) is 5.90 Å². The van der Waals surface area contributed by atoms with Crippen LogP contribution >= 0.6 is 0 Å². The van der Waals surface area contributed by atoms with Crippen LogP contribution < -0.4 is 0 Å². The molecule has 1 aromatic carbocycles. The molecule has 4 heteroatoms.